The van der Waals surface area contributed by atoms with E-state index in [0.717, 1.165) is 37.6 Å². The topological polar surface area (TPSA) is 38.5 Å². The average molecular weight is 229 g/mol. The van der Waals surface area contributed by atoms with Crippen molar-refractivity contribution in [3.8, 4) is 0 Å². The fourth-order valence-corrected chi connectivity index (χ4v) is 1.68. The number of nitrogens with two attached hydrogens (primary N) is 1. The van der Waals surface area contributed by atoms with E-state index in [-0.39, 0.29) is 12.4 Å². The average Bonchev–Trinajstić information content (AvgIpc) is 2.23. The number of morpholine rings is 1. The van der Waals surface area contributed by atoms with E-state index in [0.29, 0.717) is 0 Å². The van der Waals surface area contributed by atoms with E-state index in [4.69, 9.17) is 10.5 Å². The first-order valence-electron chi connectivity index (χ1n) is 4.96. The van der Waals surface area contributed by atoms with Crippen LogP contribution in [-0.2, 0) is 4.74 Å². The third-order valence-corrected chi connectivity index (χ3v) is 2.63. The van der Waals surface area contributed by atoms with E-state index in [9.17, 15) is 0 Å². The van der Waals surface area contributed by atoms with Gasteiger partial charge in [0.2, 0.25) is 0 Å². The SMILES string of the molecule is Cc1cc(N2CCOCC2)ccc1N.Cl. The molecule has 0 atom stereocenters. The first-order valence-corrected chi connectivity index (χ1v) is 4.96. The predicted molar refractivity (Wildman–Crippen MR) is 65.9 cm³/mol. The molecule has 1 aliphatic rings. The highest BCUT2D eigenvalue weighted by atomic mass is 35.5. The van der Waals surface area contributed by atoms with Crippen LogP contribution in [0.1, 0.15) is 5.56 Å². The molecular weight excluding hydrogens is 212 g/mol. The molecule has 84 valence electrons. The van der Waals surface area contributed by atoms with E-state index >= 15 is 0 Å². The van der Waals surface area contributed by atoms with Gasteiger partial charge in [-0.1, -0.05) is 0 Å². The van der Waals surface area contributed by atoms with E-state index < -0.39 is 0 Å². The maximum absolute atomic E-state index is 5.78. The second kappa shape index (κ2) is 5.24. The second-order valence-electron chi connectivity index (χ2n) is 3.64. The summed E-state index contributed by atoms with van der Waals surface area (Å²) in [7, 11) is 0. The number of nitrogen functional groups attached to an aromatic ring is 1. The standard InChI is InChI=1S/C11H16N2O.ClH/c1-9-8-10(2-3-11(9)12)13-4-6-14-7-5-13;/h2-3,8H,4-7,12H2,1H3;1H. The normalized spacial score (nSPS) is 15.9. The van der Waals surface area contributed by atoms with E-state index in [1.165, 1.54) is 5.69 Å². The molecule has 0 amide bonds. The molecule has 1 aromatic carbocycles. The number of hydrogen-bond acceptors (Lipinski definition) is 3. The van der Waals surface area contributed by atoms with Crippen LogP contribution in [0.5, 0.6) is 0 Å². The molecule has 0 saturated carbocycles. The molecular formula is C11H17ClN2O. The lowest BCUT2D eigenvalue weighted by molar-refractivity contribution is 0.122. The maximum atomic E-state index is 5.78. The van der Waals surface area contributed by atoms with Crippen molar-refractivity contribution in [3.63, 3.8) is 0 Å². The lowest BCUT2D eigenvalue weighted by Gasteiger charge is -2.29. The van der Waals surface area contributed by atoms with Crippen LogP contribution in [0.3, 0.4) is 0 Å². The number of anilines is 2. The molecule has 1 saturated heterocycles. The van der Waals surface area contributed by atoms with E-state index in [2.05, 4.69) is 17.0 Å². The fraction of sp³-hybridized carbons (Fsp3) is 0.455. The minimum absolute atomic E-state index is 0. The van der Waals surface area contributed by atoms with Gasteiger partial charge in [-0.2, -0.15) is 0 Å². The molecule has 0 unspecified atom stereocenters. The molecule has 0 bridgehead atoms. The summed E-state index contributed by atoms with van der Waals surface area (Å²) in [6.45, 7) is 5.64. The van der Waals surface area contributed by atoms with Crippen LogP contribution in [0.4, 0.5) is 11.4 Å². The smallest absolute Gasteiger partial charge is 0.0642 e. The first-order chi connectivity index (χ1) is 6.77. The number of rotatable bonds is 1. The number of nitrogens with zero attached hydrogens (tertiary/aromatic N) is 1. The summed E-state index contributed by atoms with van der Waals surface area (Å²) < 4.78 is 5.31. The lowest BCUT2D eigenvalue weighted by Crippen LogP contribution is -2.36. The summed E-state index contributed by atoms with van der Waals surface area (Å²) in [5, 5.41) is 0. The number of halogens is 1. The zero-order chi connectivity index (χ0) is 9.97. The van der Waals surface area contributed by atoms with Crippen LogP contribution in [0.2, 0.25) is 0 Å². The van der Waals surface area contributed by atoms with Gasteiger partial charge in [0.1, 0.15) is 0 Å². The number of hydrogen-bond donors (Lipinski definition) is 1. The molecule has 3 nitrogen and oxygen atoms in total. The molecule has 2 N–H and O–H groups in total. The molecule has 0 aliphatic carbocycles. The molecule has 2 rings (SSSR count). The van der Waals surface area contributed by atoms with Crippen LogP contribution >= 0.6 is 12.4 Å². The van der Waals surface area contributed by atoms with E-state index in [1.807, 2.05) is 13.0 Å². The van der Waals surface area contributed by atoms with Crippen LogP contribution < -0.4 is 10.6 Å². The van der Waals surface area contributed by atoms with Crippen molar-refractivity contribution in [2.24, 2.45) is 0 Å². The number of aryl methyl sites for hydroxylation is 1. The monoisotopic (exact) mass is 228 g/mol. The first kappa shape index (κ1) is 12.1. The van der Waals surface area contributed by atoms with Crippen molar-refractivity contribution < 1.29 is 4.74 Å². The Balaban J connectivity index is 0.00000112. The van der Waals surface area contributed by atoms with Gasteiger partial charge in [0.05, 0.1) is 13.2 Å². The second-order valence-corrected chi connectivity index (χ2v) is 3.64. The third kappa shape index (κ3) is 2.76. The predicted octanol–water partition coefficient (Wildman–Crippen LogP) is 1.84. The Kier molecular flexibility index (Phi) is 4.24. The largest absolute Gasteiger partial charge is 0.399 e. The van der Waals surface area contributed by atoms with Crippen LogP contribution in [0.15, 0.2) is 18.2 Å². The van der Waals surface area contributed by atoms with Gasteiger partial charge in [-0.25, -0.2) is 0 Å². The summed E-state index contributed by atoms with van der Waals surface area (Å²) in [4.78, 5) is 2.33. The maximum Gasteiger partial charge on any atom is 0.0642 e. The molecule has 4 heteroatoms. The van der Waals surface area contributed by atoms with E-state index in [1.54, 1.807) is 0 Å². The Morgan fingerprint density at radius 2 is 1.93 bits per heavy atom. The Morgan fingerprint density at radius 1 is 1.27 bits per heavy atom. The quantitative estimate of drug-likeness (QED) is 0.746. The van der Waals surface area contributed by atoms with Crippen molar-refractivity contribution in [1.29, 1.82) is 0 Å². The van der Waals surface area contributed by atoms with Gasteiger partial charge < -0.3 is 15.4 Å². The Morgan fingerprint density at radius 3 is 2.53 bits per heavy atom. The van der Waals surface area contributed by atoms with Gasteiger partial charge in [0.25, 0.3) is 0 Å². The van der Waals surface area contributed by atoms with Crippen molar-refractivity contribution in [2.75, 3.05) is 36.9 Å². The van der Waals surface area contributed by atoms with Gasteiger partial charge in [-0.05, 0) is 30.7 Å². The molecule has 0 spiro atoms. The van der Waals surface area contributed by atoms with Crippen LogP contribution in [0, 0.1) is 6.92 Å². The summed E-state index contributed by atoms with van der Waals surface area (Å²) in [5.74, 6) is 0. The Hall–Kier alpha value is -0.930. The molecule has 1 aliphatic heterocycles. The molecule has 0 aromatic heterocycles. The molecule has 15 heavy (non-hydrogen) atoms. The zero-order valence-electron chi connectivity index (χ0n) is 8.90. The summed E-state index contributed by atoms with van der Waals surface area (Å²) in [6.07, 6.45) is 0. The van der Waals surface area contributed by atoms with Crippen LogP contribution in [0.25, 0.3) is 0 Å². The Labute approximate surface area is 96.6 Å². The zero-order valence-corrected chi connectivity index (χ0v) is 9.72. The van der Waals surface area contributed by atoms with Crippen molar-refractivity contribution in [1.82, 2.24) is 0 Å². The van der Waals surface area contributed by atoms with Gasteiger partial charge in [0, 0.05) is 24.5 Å². The molecule has 1 heterocycles. The highest BCUT2D eigenvalue weighted by Crippen LogP contribution is 2.21. The Bertz CT molecular complexity index is 324. The summed E-state index contributed by atoms with van der Waals surface area (Å²) in [5.41, 5.74) is 9.04. The minimum Gasteiger partial charge on any atom is -0.399 e. The van der Waals surface area contributed by atoms with Crippen LogP contribution in [-0.4, -0.2) is 26.3 Å². The fourth-order valence-electron chi connectivity index (χ4n) is 1.68. The highest BCUT2D eigenvalue weighted by Gasteiger charge is 2.11. The van der Waals surface area contributed by atoms with Crippen molar-refractivity contribution in [3.05, 3.63) is 23.8 Å². The molecule has 1 fully saturated rings. The van der Waals surface area contributed by atoms with Crippen molar-refractivity contribution >= 4 is 23.8 Å². The molecule has 1 aromatic rings. The molecule has 0 radical (unpaired) electrons. The van der Waals surface area contributed by atoms with Gasteiger partial charge in [-0.3, -0.25) is 0 Å². The van der Waals surface area contributed by atoms with Gasteiger partial charge >= 0.3 is 0 Å². The van der Waals surface area contributed by atoms with Gasteiger partial charge in [-0.15, -0.1) is 12.4 Å². The minimum atomic E-state index is 0. The van der Waals surface area contributed by atoms with Crippen molar-refractivity contribution in [2.45, 2.75) is 6.92 Å². The summed E-state index contributed by atoms with van der Waals surface area (Å²) in [6, 6.07) is 6.19. The third-order valence-electron chi connectivity index (χ3n) is 2.63. The van der Waals surface area contributed by atoms with Gasteiger partial charge in [0.15, 0.2) is 0 Å². The lowest BCUT2D eigenvalue weighted by atomic mass is 10.1. The summed E-state index contributed by atoms with van der Waals surface area (Å²) >= 11 is 0. The highest BCUT2D eigenvalue weighted by molar-refractivity contribution is 5.85. The number of benzene rings is 1. The number of ether oxygens (including phenoxy) is 1.